The van der Waals surface area contributed by atoms with Crippen LogP contribution in [0.1, 0.15) is 38.7 Å². The number of nitrogens with one attached hydrogen (secondary N) is 1. The number of rotatable bonds is 5. The zero-order chi connectivity index (χ0) is 15.3. The Morgan fingerprint density at radius 3 is 2.76 bits per heavy atom. The van der Waals surface area contributed by atoms with Crippen LogP contribution in [0.3, 0.4) is 0 Å². The number of carbonyl (C=O) groups excluding carboxylic acids is 1. The van der Waals surface area contributed by atoms with Crippen molar-refractivity contribution in [2.24, 2.45) is 5.92 Å². The van der Waals surface area contributed by atoms with Crippen LogP contribution in [0.4, 0.5) is 0 Å². The summed E-state index contributed by atoms with van der Waals surface area (Å²) in [6.45, 7) is 6.11. The molecule has 1 aliphatic heterocycles. The summed E-state index contributed by atoms with van der Waals surface area (Å²) >= 11 is 6.14. The van der Waals surface area contributed by atoms with E-state index in [1.807, 2.05) is 32.0 Å². The maximum absolute atomic E-state index is 12.1. The van der Waals surface area contributed by atoms with Crippen LogP contribution in [0.5, 0.6) is 0 Å². The van der Waals surface area contributed by atoms with E-state index in [-0.39, 0.29) is 17.2 Å². The second-order valence-corrected chi connectivity index (χ2v) is 6.37. The van der Waals surface area contributed by atoms with Crippen LogP contribution in [0.15, 0.2) is 24.3 Å². The molecule has 1 fully saturated rings. The first-order valence-corrected chi connectivity index (χ1v) is 8.07. The average Bonchev–Trinajstić information content (AvgIpc) is 2.52. The molecular weight excluding hydrogens is 286 g/mol. The van der Waals surface area contributed by atoms with Crippen molar-refractivity contribution in [3.63, 3.8) is 0 Å². The van der Waals surface area contributed by atoms with Gasteiger partial charge in [-0.15, -0.1) is 0 Å². The van der Waals surface area contributed by atoms with Gasteiger partial charge in [-0.1, -0.05) is 37.6 Å². The minimum Gasteiger partial charge on any atom is -0.381 e. The summed E-state index contributed by atoms with van der Waals surface area (Å²) in [4.78, 5) is 12.1. The molecule has 1 aromatic rings. The number of ether oxygens (including phenoxy) is 1. The molecule has 0 bridgehead atoms. The lowest BCUT2D eigenvalue weighted by atomic mass is 9.74. The molecule has 0 spiro atoms. The van der Waals surface area contributed by atoms with Gasteiger partial charge in [-0.3, -0.25) is 4.79 Å². The number of hydrogen-bond acceptors (Lipinski definition) is 2. The van der Waals surface area contributed by atoms with Crippen LogP contribution in [0.2, 0.25) is 5.02 Å². The van der Waals surface area contributed by atoms with Gasteiger partial charge in [0.15, 0.2) is 0 Å². The number of amides is 1. The Bertz CT molecular complexity index is 483. The number of halogens is 1. The molecule has 1 aliphatic rings. The van der Waals surface area contributed by atoms with Crippen molar-refractivity contribution < 1.29 is 9.53 Å². The first kappa shape index (κ1) is 16.3. The first-order chi connectivity index (χ1) is 10.1. The van der Waals surface area contributed by atoms with Gasteiger partial charge in [0, 0.05) is 36.1 Å². The normalized spacial score (nSPS) is 19.0. The van der Waals surface area contributed by atoms with E-state index in [4.69, 9.17) is 16.3 Å². The van der Waals surface area contributed by atoms with Gasteiger partial charge in [0.1, 0.15) is 0 Å². The highest BCUT2D eigenvalue weighted by Gasteiger charge is 2.35. The van der Waals surface area contributed by atoms with Crippen molar-refractivity contribution >= 4 is 17.5 Å². The zero-order valence-electron chi connectivity index (χ0n) is 12.8. The summed E-state index contributed by atoms with van der Waals surface area (Å²) < 4.78 is 5.51. The van der Waals surface area contributed by atoms with Gasteiger partial charge in [0.2, 0.25) is 5.91 Å². The molecule has 1 unspecified atom stereocenters. The summed E-state index contributed by atoms with van der Waals surface area (Å²) in [6.07, 6.45) is 2.68. The van der Waals surface area contributed by atoms with Crippen molar-refractivity contribution in [1.29, 1.82) is 0 Å². The highest BCUT2D eigenvalue weighted by molar-refractivity contribution is 6.30. The fourth-order valence-electron chi connectivity index (χ4n) is 2.76. The third-order valence-corrected chi connectivity index (χ3v) is 4.78. The molecule has 0 aromatic heterocycles. The summed E-state index contributed by atoms with van der Waals surface area (Å²) in [5.74, 6) is 0.187. The van der Waals surface area contributed by atoms with Crippen LogP contribution in [0.25, 0.3) is 0 Å². The number of benzene rings is 1. The number of carbonyl (C=O) groups is 1. The molecule has 116 valence electrons. The van der Waals surface area contributed by atoms with Crippen LogP contribution in [0, 0.1) is 5.92 Å². The van der Waals surface area contributed by atoms with E-state index in [2.05, 4.69) is 11.4 Å². The Morgan fingerprint density at radius 1 is 1.43 bits per heavy atom. The van der Waals surface area contributed by atoms with E-state index in [0.717, 1.165) is 37.5 Å². The van der Waals surface area contributed by atoms with Gasteiger partial charge in [-0.25, -0.2) is 0 Å². The molecule has 3 nitrogen and oxygen atoms in total. The molecule has 1 aromatic carbocycles. The van der Waals surface area contributed by atoms with Gasteiger partial charge in [-0.2, -0.15) is 0 Å². The molecule has 2 rings (SSSR count). The Hall–Kier alpha value is -1.06. The van der Waals surface area contributed by atoms with E-state index < -0.39 is 0 Å². The fourth-order valence-corrected chi connectivity index (χ4v) is 2.95. The topological polar surface area (TPSA) is 38.3 Å². The van der Waals surface area contributed by atoms with Crippen LogP contribution >= 0.6 is 11.6 Å². The van der Waals surface area contributed by atoms with Gasteiger partial charge in [0.05, 0.1) is 0 Å². The second kappa shape index (κ2) is 7.28. The van der Waals surface area contributed by atoms with Gasteiger partial charge in [0.25, 0.3) is 0 Å². The predicted octanol–water partition coefficient (Wildman–Crippen LogP) is 3.55. The van der Waals surface area contributed by atoms with Crippen molar-refractivity contribution in [1.82, 2.24) is 5.32 Å². The first-order valence-electron chi connectivity index (χ1n) is 7.69. The summed E-state index contributed by atoms with van der Waals surface area (Å²) in [6, 6.07) is 7.98. The third-order valence-electron chi connectivity index (χ3n) is 4.55. The molecule has 0 saturated carbocycles. The Labute approximate surface area is 132 Å². The lowest BCUT2D eigenvalue weighted by Crippen LogP contribution is -2.45. The Morgan fingerprint density at radius 2 is 2.14 bits per heavy atom. The maximum atomic E-state index is 12.1. The molecular formula is C17H24ClNO2. The largest absolute Gasteiger partial charge is 0.381 e. The molecule has 0 aliphatic carbocycles. The van der Waals surface area contributed by atoms with E-state index >= 15 is 0 Å². The fraction of sp³-hybridized carbons (Fsp3) is 0.588. The average molecular weight is 310 g/mol. The summed E-state index contributed by atoms with van der Waals surface area (Å²) in [5, 5.41) is 3.87. The number of hydrogen-bond donors (Lipinski definition) is 1. The highest BCUT2D eigenvalue weighted by atomic mass is 35.5. The lowest BCUT2D eigenvalue weighted by Gasteiger charge is -2.38. The smallest absolute Gasteiger partial charge is 0.222 e. The van der Waals surface area contributed by atoms with Crippen LogP contribution < -0.4 is 5.32 Å². The minimum absolute atomic E-state index is 0.0567. The molecule has 1 saturated heterocycles. The standard InChI is InChI=1S/C17H24ClNO2/c1-3-13(2)16(20)19-12-17(7-9-21-10-8-17)14-5-4-6-15(18)11-14/h4-6,11,13H,3,7-10,12H2,1-2H3,(H,19,20). The van der Waals surface area contributed by atoms with Crippen molar-refractivity contribution in [2.75, 3.05) is 19.8 Å². The van der Waals surface area contributed by atoms with Crippen molar-refractivity contribution in [3.05, 3.63) is 34.9 Å². The second-order valence-electron chi connectivity index (χ2n) is 5.93. The molecule has 1 atom stereocenters. The van der Waals surface area contributed by atoms with Gasteiger partial charge >= 0.3 is 0 Å². The monoisotopic (exact) mass is 309 g/mol. The lowest BCUT2D eigenvalue weighted by molar-refractivity contribution is -0.125. The van der Waals surface area contributed by atoms with E-state index in [1.165, 1.54) is 5.56 Å². The van der Waals surface area contributed by atoms with Crippen molar-refractivity contribution in [3.8, 4) is 0 Å². The van der Waals surface area contributed by atoms with Gasteiger partial charge in [-0.05, 0) is 37.0 Å². The van der Waals surface area contributed by atoms with E-state index in [0.29, 0.717) is 6.54 Å². The van der Waals surface area contributed by atoms with E-state index in [1.54, 1.807) is 0 Å². The molecule has 21 heavy (non-hydrogen) atoms. The zero-order valence-corrected chi connectivity index (χ0v) is 13.6. The Kier molecular flexibility index (Phi) is 5.65. The molecule has 1 amide bonds. The SMILES string of the molecule is CCC(C)C(=O)NCC1(c2cccc(Cl)c2)CCOCC1. The maximum Gasteiger partial charge on any atom is 0.222 e. The van der Waals surface area contributed by atoms with Crippen LogP contribution in [-0.4, -0.2) is 25.7 Å². The van der Waals surface area contributed by atoms with Gasteiger partial charge < -0.3 is 10.1 Å². The molecule has 4 heteroatoms. The Balaban J connectivity index is 2.16. The van der Waals surface area contributed by atoms with E-state index in [9.17, 15) is 4.79 Å². The molecule has 0 radical (unpaired) electrons. The van der Waals surface area contributed by atoms with Crippen molar-refractivity contribution in [2.45, 2.75) is 38.5 Å². The predicted molar refractivity (Wildman–Crippen MR) is 85.6 cm³/mol. The summed E-state index contributed by atoms with van der Waals surface area (Å²) in [5.41, 5.74) is 1.13. The third kappa shape index (κ3) is 3.98. The van der Waals surface area contributed by atoms with Crippen LogP contribution in [-0.2, 0) is 14.9 Å². The minimum atomic E-state index is -0.0632. The molecule has 1 heterocycles. The summed E-state index contributed by atoms with van der Waals surface area (Å²) in [7, 11) is 0. The molecule has 1 N–H and O–H groups in total. The quantitative estimate of drug-likeness (QED) is 0.903. The highest BCUT2D eigenvalue weighted by Crippen LogP contribution is 2.35.